The molecule has 1 aliphatic carbocycles. The zero-order valence-corrected chi connectivity index (χ0v) is 12.7. The molecule has 116 valence electrons. The molecule has 0 bridgehead atoms. The third-order valence-electron chi connectivity index (χ3n) is 3.74. The summed E-state index contributed by atoms with van der Waals surface area (Å²) >= 11 is 0. The second-order valence-electron chi connectivity index (χ2n) is 5.61. The summed E-state index contributed by atoms with van der Waals surface area (Å²) in [5.74, 6) is 1.00. The van der Waals surface area contributed by atoms with Gasteiger partial charge in [-0.05, 0) is 26.2 Å². The lowest BCUT2D eigenvalue weighted by Gasteiger charge is -2.24. The second kappa shape index (κ2) is 7.24. The Labute approximate surface area is 124 Å². The minimum Gasteiger partial charge on any atom is -0.360 e. The summed E-state index contributed by atoms with van der Waals surface area (Å²) in [6.07, 6.45) is 4.96. The summed E-state index contributed by atoms with van der Waals surface area (Å²) in [7, 11) is 0. The van der Waals surface area contributed by atoms with Crippen LogP contribution in [0.15, 0.2) is 10.6 Å². The number of rotatable bonds is 6. The Balaban J connectivity index is 1.91. The van der Waals surface area contributed by atoms with Gasteiger partial charge in [-0.1, -0.05) is 24.9 Å². The van der Waals surface area contributed by atoms with E-state index in [1.54, 1.807) is 17.9 Å². The van der Waals surface area contributed by atoms with Crippen LogP contribution in [0, 0.1) is 12.8 Å². The van der Waals surface area contributed by atoms with Gasteiger partial charge >= 0.3 is 0 Å². The molecule has 0 atom stereocenters. The molecule has 0 saturated heterocycles. The van der Waals surface area contributed by atoms with Crippen molar-refractivity contribution in [2.24, 2.45) is 5.92 Å². The van der Waals surface area contributed by atoms with Crippen LogP contribution in [-0.2, 0) is 9.59 Å². The maximum absolute atomic E-state index is 12.4. The Morgan fingerprint density at radius 2 is 2.14 bits per heavy atom. The predicted molar refractivity (Wildman–Crippen MR) is 78.7 cm³/mol. The molecule has 1 fully saturated rings. The van der Waals surface area contributed by atoms with Crippen LogP contribution in [0.25, 0.3) is 0 Å². The molecule has 2 rings (SSSR count). The molecule has 1 aliphatic rings. The van der Waals surface area contributed by atoms with Gasteiger partial charge in [-0.2, -0.15) is 0 Å². The summed E-state index contributed by atoms with van der Waals surface area (Å²) < 4.78 is 4.90. The van der Waals surface area contributed by atoms with Crippen LogP contribution < -0.4 is 5.32 Å². The summed E-state index contributed by atoms with van der Waals surface area (Å²) in [5.41, 5.74) is 0. The molecule has 0 aromatic carbocycles. The Morgan fingerprint density at radius 1 is 1.43 bits per heavy atom. The van der Waals surface area contributed by atoms with E-state index in [9.17, 15) is 9.59 Å². The van der Waals surface area contributed by atoms with Crippen molar-refractivity contribution in [3.05, 3.63) is 11.8 Å². The number of amides is 2. The van der Waals surface area contributed by atoms with E-state index in [-0.39, 0.29) is 24.3 Å². The van der Waals surface area contributed by atoms with Gasteiger partial charge in [0.1, 0.15) is 5.76 Å². The first-order valence-corrected chi connectivity index (χ1v) is 7.62. The first-order valence-electron chi connectivity index (χ1n) is 7.62. The number of carbonyl (C=O) groups is 2. The van der Waals surface area contributed by atoms with Gasteiger partial charge in [0.25, 0.3) is 0 Å². The van der Waals surface area contributed by atoms with Crippen molar-refractivity contribution in [1.29, 1.82) is 0 Å². The van der Waals surface area contributed by atoms with E-state index >= 15 is 0 Å². The highest BCUT2D eigenvalue weighted by Gasteiger charge is 2.28. The standard InChI is InChI=1S/C15H23N3O3/c1-3-8-18(15(20)12-6-4-5-7-12)10-14(19)16-13-9-11(2)21-17-13/h9,12H,3-8,10H2,1-2H3,(H,16,17,19). The molecule has 2 amide bonds. The maximum Gasteiger partial charge on any atom is 0.245 e. The van der Waals surface area contributed by atoms with Crippen molar-refractivity contribution < 1.29 is 14.1 Å². The molecule has 1 aromatic rings. The Bertz CT molecular complexity index is 492. The van der Waals surface area contributed by atoms with Crippen molar-refractivity contribution in [3.8, 4) is 0 Å². The number of hydrogen-bond donors (Lipinski definition) is 1. The molecule has 1 aromatic heterocycles. The maximum atomic E-state index is 12.4. The van der Waals surface area contributed by atoms with Gasteiger partial charge in [-0.15, -0.1) is 0 Å². The smallest absolute Gasteiger partial charge is 0.245 e. The van der Waals surface area contributed by atoms with Crippen molar-refractivity contribution in [2.75, 3.05) is 18.4 Å². The highest BCUT2D eigenvalue weighted by Crippen LogP contribution is 2.26. The number of nitrogens with one attached hydrogen (secondary N) is 1. The largest absolute Gasteiger partial charge is 0.360 e. The van der Waals surface area contributed by atoms with Crippen LogP contribution in [0.2, 0.25) is 0 Å². The van der Waals surface area contributed by atoms with Crippen LogP contribution in [0.3, 0.4) is 0 Å². The molecule has 1 N–H and O–H groups in total. The highest BCUT2D eigenvalue weighted by atomic mass is 16.5. The van der Waals surface area contributed by atoms with E-state index < -0.39 is 0 Å². The fraction of sp³-hybridized carbons (Fsp3) is 0.667. The van der Waals surface area contributed by atoms with Gasteiger partial charge in [0.15, 0.2) is 5.82 Å². The molecule has 1 heterocycles. The van der Waals surface area contributed by atoms with Crippen LogP contribution in [0.1, 0.15) is 44.8 Å². The van der Waals surface area contributed by atoms with E-state index in [1.807, 2.05) is 6.92 Å². The third kappa shape index (κ3) is 4.31. The van der Waals surface area contributed by atoms with E-state index in [2.05, 4.69) is 10.5 Å². The van der Waals surface area contributed by atoms with E-state index in [0.717, 1.165) is 32.1 Å². The minimum absolute atomic E-state index is 0.0785. The third-order valence-corrected chi connectivity index (χ3v) is 3.74. The molecule has 6 nitrogen and oxygen atoms in total. The first kappa shape index (κ1) is 15.5. The van der Waals surface area contributed by atoms with E-state index in [0.29, 0.717) is 18.1 Å². The molecule has 6 heteroatoms. The SMILES string of the molecule is CCCN(CC(=O)Nc1cc(C)on1)C(=O)C1CCCC1. The highest BCUT2D eigenvalue weighted by molar-refractivity contribution is 5.94. The molecule has 0 aliphatic heterocycles. The lowest BCUT2D eigenvalue weighted by atomic mass is 10.1. The normalized spacial score (nSPS) is 15.1. The van der Waals surface area contributed by atoms with Gasteiger partial charge in [0.05, 0.1) is 6.54 Å². The van der Waals surface area contributed by atoms with Crippen molar-refractivity contribution in [1.82, 2.24) is 10.1 Å². The van der Waals surface area contributed by atoms with Gasteiger partial charge in [0.2, 0.25) is 11.8 Å². The quantitative estimate of drug-likeness (QED) is 0.873. The summed E-state index contributed by atoms with van der Waals surface area (Å²) in [6.45, 7) is 4.46. The summed E-state index contributed by atoms with van der Waals surface area (Å²) in [5, 5.41) is 6.38. The molecule has 0 unspecified atom stereocenters. The van der Waals surface area contributed by atoms with Crippen molar-refractivity contribution in [2.45, 2.75) is 46.0 Å². The van der Waals surface area contributed by atoms with Crippen LogP contribution in [-0.4, -0.2) is 35.0 Å². The molecule has 0 radical (unpaired) electrons. The number of anilines is 1. The second-order valence-corrected chi connectivity index (χ2v) is 5.61. The van der Waals surface area contributed by atoms with Crippen LogP contribution >= 0.6 is 0 Å². The van der Waals surface area contributed by atoms with E-state index in [4.69, 9.17) is 4.52 Å². The summed E-state index contributed by atoms with van der Waals surface area (Å²) in [4.78, 5) is 26.1. The Hall–Kier alpha value is -1.85. The van der Waals surface area contributed by atoms with Gasteiger partial charge in [-0.3, -0.25) is 9.59 Å². The topological polar surface area (TPSA) is 75.4 Å². The van der Waals surface area contributed by atoms with Crippen molar-refractivity contribution >= 4 is 17.6 Å². The van der Waals surface area contributed by atoms with Gasteiger partial charge < -0.3 is 14.7 Å². The number of hydrogen-bond acceptors (Lipinski definition) is 4. The lowest BCUT2D eigenvalue weighted by molar-refractivity contribution is -0.138. The lowest BCUT2D eigenvalue weighted by Crippen LogP contribution is -2.41. The van der Waals surface area contributed by atoms with Gasteiger partial charge in [-0.25, -0.2) is 0 Å². The molecule has 21 heavy (non-hydrogen) atoms. The van der Waals surface area contributed by atoms with Gasteiger partial charge in [0, 0.05) is 18.5 Å². The molecular formula is C15H23N3O3. The first-order chi connectivity index (χ1) is 10.1. The number of aromatic nitrogens is 1. The average molecular weight is 293 g/mol. The molecular weight excluding hydrogens is 270 g/mol. The number of nitrogens with zero attached hydrogens (tertiary/aromatic N) is 2. The molecule has 1 saturated carbocycles. The molecule has 0 spiro atoms. The van der Waals surface area contributed by atoms with Crippen LogP contribution in [0.5, 0.6) is 0 Å². The monoisotopic (exact) mass is 293 g/mol. The minimum atomic E-state index is -0.233. The van der Waals surface area contributed by atoms with E-state index in [1.165, 1.54) is 0 Å². The number of carbonyl (C=O) groups excluding carboxylic acids is 2. The fourth-order valence-electron chi connectivity index (χ4n) is 2.75. The van der Waals surface area contributed by atoms with Crippen LogP contribution in [0.4, 0.5) is 5.82 Å². The predicted octanol–water partition coefficient (Wildman–Crippen LogP) is 2.35. The van der Waals surface area contributed by atoms with Crippen molar-refractivity contribution in [3.63, 3.8) is 0 Å². The fourth-order valence-corrected chi connectivity index (χ4v) is 2.75. The Morgan fingerprint density at radius 3 is 2.71 bits per heavy atom. The summed E-state index contributed by atoms with van der Waals surface area (Å²) in [6, 6.07) is 1.65. The number of aryl methyl sites for hydroxylation is 1. The zero-order chi connectivity index (χ0) is 15.2. The average Bonchev–Trinajstić information content (AvgIpc) is 3.09. The zero-order valence-electron chi connectivity index (χ0n) is 12.7. The Kier molecular flexibility index (Phi) is 5.36.